The molecule has 3 N–H and O–H groups in total. The molecule has 0 radical (unpaired) electrons. The summed E-state index contributed by atoms with van der Waals surface area (Å²) in [6, 6.07) is 23.8. The van der Waals surface area contributed by atoms with Crippen molar-refractivity contribution in [1.82, 2.24) is 5.32 Å². The first-order valence-electron chi connectivity index (χ1n) is 22.2. The summed E-state index contributed by atoms with van der Waals surface area (Å²) in [6.45, 7) is 13.8. The summed E-state index contributed by atoms with van der Waals surface area (Å²) in [5.41, 5.74) is -7.62. The van der Waals surface area contributed by atoms with Crippen LogP contribution in [0.1, 0.15) is 107 Å². The number of aliphatic hydroxyl groups excluding tert-OH is 1. The number of hydrogen-bond donors (Lipinski definition) is 3. The molecule has 2 bridgehead atoms. The van der Waals surface area contributed by atoms with E-state index in [0.717, 1.165) is 0 Å². The molecule has 1 aliphatic heterocycles. The van der Waals surface area contributed by atoms with Gasteiger partial charge in [0.15, 0.2) is 11.4 Å². The van der Waals surface area contributed by atoms with Crippen molar-refractivity contribution in [2.45, 2.75) is 129 Å². The zero-order valence-corrected chi connectivity index (χ0v) is 38.7. The first kappa shape index (κ1) is 48.0. The highest BCUT2D eigenvalue weighted by Crippen LogP contribution is 2.64. The quantitative estimate of drug-likeness (QED) is 0.114. The van der Waals surface area contributed by atoms with Gasteiger partial charge in [0.2, 0.25) is 0 Å². The van der Waals surface area contributed by atoms with E-state index in [4.69, 9.17) is 28.4 Å². The van der Waals surface area contributed by atoms with E-state index >= 15 is 4.79 Å². The molecule has 2 saturated carbocycles. The Kier molecular flexibility index (Phi) is 12.9. The van der Waals surface area contributed by atoms with E-state index in [-0.39, 0.29) is 35.3 Å². The standard InChI is InChI=1S/C51H59NO14/c1-28-34(62-43(56)29(2)38(31-19-13-10-14-20-31)52-46(59)66-47(4,5)6)26-51(60)42(64-45(58)33-23-17-12-18-24-33)40-49(9,41(55)39(54)37(28)48(51,7)8)35(63-44(57)32-21-15-11-16-22-32)25-36-50(40,27-61-36)65-30(3)53/h10-24,29,34-36,38-40,42,54,60H,25-27H2,1-9H3,(H,52,59)/t29-,34+,35+,36-,38-,39-,40?,42?,49-,50+,51-/m1/s1. The van der Waals surface area contributed by atoms with E-state index in [1.807, 2.05) is 0 Å². The minimum atomic E-state index is -2.35. The normalized spacial score (nSPS) is 30.9. The fourth-order valence-electron chi connectivity index (χ4n) is 10.7. The molecule has 15 nitrogen and oxygen atoms in total. The van der Waals surface area contributed by atoms with Crippen molar-refractivity contribution in [3.63, 3.8) is 0 Å². The lowest BCUT2D eigenvalue weighted by molar-refractivity contribution is -0.345. The van der Waals surface area contributed by atoms with Gasteiger partial charge in [-0.2, -0.15) is 0 Å². The van der Waals surface area contributed by atoms with Crippen LogP contribution in [0, 0.1) is 22.7 Å². The van der Waals surface area contributed by atoms with Crippen molar-refractivity contribution >= 4 is 35.8 Å². The third kappa shape index (κ3) is 8.41. The third-order valence-corrected chi connectivity index (χ3v) is 14.1. The predicted octanol–water partition coefficient (Wildman–Crippen LogP) is 6.40. The van der Waals surface area contributed by atoms with Gasteiger partial charge in [-0.15, -0.1) is 0 Å². The Labute approximate surface area is 384 Å². The summed E-state index contributed by atoms with van der Waals surface area (Å²) in [5, 5.41) is 29.3. The molecule has 15 heteroatoms. The molecule has 3 fully saturated rings. The topological polar surface area (TPSA) is 210 Å². The maximum Gasteiger partial charge on any atom is 0.408 e. The van der Waals surface area contributed by atoms with Crippen molar-refractivity contribution < 1.29 is 67.4 Å². The second kappa shape index (κ2) is 17.7. The zero-order valence-electron chi connectivity index (χ0n) is 38.7. The lowest BCUT2D eigenvalue weighted by atomic mass is 9.44. The number of rotatable bonds is 10. The molecule has 11 atom stereocenters. The van der Waals surface area contributed by atoms with E-state index in [2.05, 4.69) is 5.32 Å². The Balaban J connectivity index is 1.39. The SMILES string of the molecule is CC(=O)O[C@@]12CO[C@@H]1C[C@H](OC(=O)c1ccccc1)[C@@]1(C)C(=O)[C@H](O)C3=C(C)[C@@H](OC(=O)[C@H](C)[C@@H](NC(=O)OC(C)(C)C)c4ccccc4)C[C@@](O)(C(OC(=O)c4ccccc4)C12)C3(C)C. The van der Waals surface area contributed by atoms with Gasteiger partial charge in [-0.1, -0.05) is 80.6 Å². The average Bonchev–Trinajstić information content (AvgIpc) is 3.26. The van der Waals surface area contributed by atoms with E-state index < -0.39 is 118 Å². The first-order chi connectivity index (χ1) is 31.0. The minimum Gasteiger partial charge on any atom is -0.458 e. The summed E-state index contributed by atoms with van der Waals surface area (Å²) in [6.07, 6.45) is -9.03. The van der Waals surface area contributed by atoms with E-state index in [1.54, 1.807) is 115 Å². The molecule has 66 heavy (non-hydrogen) atoms. The molecule has 1 amide bonds. The van der Waals surface area contributed by atoms with Crippen LogP contribution in [0.15, 0.2) is 102 Å². The molecule has 0 aromatic heterocycles. The zero-order chi connectivity index (χ0) is 48.1. The molecule has 352 valence electrons. The fourth-order valence-corrected chi connectivity index (χ4v) is 10.7. The first-order valence-corrected chi connectivity index (χ1v) is 22.2. The van der Waals surface area contributed by atoms with Crippen LogP contribution >= 0.6 is 0 Å². The number of nitrogens with one attached hydrogen (secondary N) is 1. The van der Waals surface area contributed by atoms with E-state index in [9.17, 15) is 34.2 Å². The summed E-state index contributed by atoms with van der Waals surface area (Å²) in [4.78, 5) is 85.0. The van der Waals surface area contributed by atoms with Gasteiger partial charge in [0, 0.05) is 25.2 Å². The molecule has 1 heterocycles. The van der Waals surface area contributed by atoms with E-state index in [1.165, 1.54) is 38.1 Å². The monoisotopic (exact) mass is 909 g/mol. The maximum absolute atomic E-state index is 15.7. The number of ether oxygens (including phenoxy) is 6. The lowest BCUT2D eigenvalue weighted by Gasteiger charge is -2.67. The van der Waals surface area contributed by atoms with Gasteiger partial charge in [-0.05, 0) is 82.5 Å². The molecule has 3 aromatic rings. The van der Waals surface area contributed by atoms with Crippen LogP contribution < -0.4 is 5.32 Å². The van der Waals surface area contributed by atoms with Gasteiger partial charge < -0.3 is 44.0 Å². The largest absolute Gasteiger partial charge is 0.458 e. The summed E-state index contributed by atoms with van der Waals surface area (Å²) in [5.74, 6) is -6.81. The number of ketones is 1. The molecule has 7 rings (SSSR count). The van der Waals surface area contributed by atoms with Crippen LogP contribution in [0.3, 0.4) is 0 Å². The molecular weight excluding hydrogens is 851 g/mol. The summed E-state index contributed by atoms with van der Waals surface area (Å²) >= 11 is 0. The minimum absolute atomic E-state index is 0.0136. The van der Waals surface area contributed by atoms with Crippen molar-refractivity contribution in [3.05, 3.63) is 119 Å². The second-order valence-corrected chi connectivity index (χ2v) is 19.7. The van der Waals surface area contributed by atoms with Gasteiger partial charge >= 0.3 is 30.0 Å². The number of carbonyl (C=O) groups excluding carboxylic acids is 6. The summed E-state index contributed by atoms with van der Waals surface area (Å²) in [7, 11) is 0. The molecule has 4 aliphatic rings. The molecule has 0 spiro atoms. The number of benzene rings is 3. The second-order valence-electron chi connectivity index (χ2n) is 19.7. The Morgan fingerprint density at radius 3 is 1.89 bits per heavy atom. The number of carbonyl (C=O) groups is 6. The van der Waals surface area contributed by atoms with Gasteiger partial charge in [-0.3, -0.25) is 14.4 Å². The van der Waals surface area contributed by atoms with Crippen LogP contribution in [0.2, 0.25) is 0 Å². The Morgan fingerprint density at radius 2 is 1.38 bits per heavy atom. The van der Waals surface area contributed by atoms with Crippen LogP contribution in [0.25, 0.3) is 0 Å². The number of esters is 4. The van der Waals surface area contributed by atoms with Crippen LogP contribution in [0.4, 0.5) is 4.79 Å². The van der Waals surface area contributed by atoms with Crippen molar-refractivity contribution in [3.8, 4) is 0 Å². The van der Waals surface area contributed by atoms with Crippen molar-refractivity contribution in [2.75, 3.05) is 6.61 Å². The Morgan fingerprint density at radius 1 is 0.833 bits per heavy atom. The predicted molar refractivity (Wildman–Crippen MR) is 236 cm³/mol. The molecule has 1 saturated heterocycles. The van der Waals surface area contributed by atoms with Crippen LogP contribution in [-0.4, -0.2) is 99.9 Å². The van der Waals surface area contributed by atoms with Gasteiger partial charge in [0.05, 0.1) is 41.0 Å². The number of Topliss-reactive ketones (excluding diaryl/α,β-unsaturated/α-hetero) is 1. The van der Waals surface area contributed by atoms with Gasteiger partial charge in [-0.25, -0.2) is 14.4 Å². The van der Waals surface area contributed by atoms with E-state index in [0.29, 0.717) is 5.56 Å². The highest BCUT2D eigenvalue weighted by atomic mass is 16.6. The van der Waals surface area contributed by atoms with Crippen LogP contribution in [0.5, 0.6) is 0 Å². The average molecular weight is 910 g/mol. The molecule has 3 aromatic carbocycles. The number of amides is 1. The highest BCUT2D eigenvalue weighted by molar-refractivity contribution is 5.95. The maximum atomic E-state index is 15.7. The van der Waals surface area contributed by atoms with Crippen LogP contribution in [-0.2, 0) is 42.8 Å². The highest BCUT2D eigenvalue weighted by Gasteiger charge is 2.78. The van der Waals surface area contributed by atoms with Gasteiger partial charge in [0.25, 0.3) is 0 Å². The number of fused-ring (bicyclic) bond motifs is 5. The van der Waals surface area contributed by atoms with Gasteiger partial charge in [0.1, 0.15) is 41.7 Å². The van der Waals surface area contributed by atoms with Crippen molar-refractivity contribution in [2.24, 2.45) is 22.7 Å². The summed E-state index contributed by atoms with van der Waals surface area (Å²) < 4.78 is 36.8. The van der Waals surface area contributed by atoms with Crippen molar-refractivity contribution in [1.29, 1.82) is 0 Å². The third-order valence-electron chi connectivity index (χ3n) is 14.1. The molecular formula is C51H59NO14. The molecule has 2 unspecified atom stereocenters. The number of hydrogen-bond acceptors (Lipinski definition) is 14. The fraction of sp³-hybridized carbons (Fsp3) is 0.490. The number of alkyl carbamates (subject to hydrolysis) is 1. The lowest BCUT2D eigenvalue weighted by Crippen LogP contribution is -2.82. The Hall–Kier alpha value is -5.90. The Bertz CT molecular complexity index is 2400. The smallest absolute Gasteiger partial charge is 0.408 e. The molecule has 3 aliphatic carbocycles. The number of aliphatic hydroxyl groups is 2.